The van der Waals surface area contributed by atoms with Gasteiger partial charge >= 0.3 is 0 Å². The molecule has 0 amide bonds. The molecule has 0 saturated heterocycles. The zero-order valence-electron chi connectivity index (χ0n) is 7.72. The Morgan fingerprint density at radius 3 is 2.77 bits per heavy atom. The normalized spacial score (nSPS) is 13.2. The maximum Gasteiger partial charge on any atom is 0.0931 e. The molecule has 0 radical (unpaired) electrons. The Kier molecular flexibility index (Phi) is 5.15. The standard InChI is InChI=1S/C10H14Cl2S/c1-2-8(11)4-3-5-9-6-7-10(12)13-9/h6-8H,2-5H2,1H3. The molecule has 0 nitrogen and oxygen atoms in total. The van der Waals surface area contributed by atoms with Gasteiger partial charge in [-0.15, -0.1) is 22.9 Å². The van der Waals surface area contributed by atoms with Crippen LogP contribution < -0.4 is 0 Å². The van der Waals surface area contributed by atoms with Gasteiger partial charge in [0, 0.05) is 10.3 Å². The molecule has 0 aromatic carbocycles. The third-order valence-electron chi connectivity index (χ3n) is 2.01. The second kappa shape index (κ2) is 5.90. The highest BCUT2D eigenvalue weighted by molar-refractivity contribution is 7.16. The van der Waals surface area contributed by atoms with Gasteiger partial charge in [-0.1, -0.05) is 18.5 Å². The molecular formula is C10H14Cl2S. The Morgan fingerprint density at radius 1 is 1.46 bits per heavy atom. The SMILES string of the molecule is CCC(Cl)CCCc1ccc(Cl)s1. The third kappa shape index (κ3) is 4.35. The first-order chi connectivity index (χ1) is 6.22. The Labute approximate surface area is 93.9 Å². The number of aryl methyl sites for hydroxylation is 1. The number of hydrogen-bond acceptors (Lipinski definition) is 1. The summed E-state index contributed by atoms with van der Waals surface area (Å²) in [4.78, 5) is 1.37. The Balaban J connectivity index is 2.20. The van der Waals surface area contributed by atoms with E-state index in [9.17, 15) is 0 Å². The minimum atomic E-state index is 0.343. The van der Waals surface area contributed by atoms with Gasteiger partial charge in [0.25, 0.3) is 0 Å². The summed E-state index contributed by atoms with van der Waals surface area (Å²) >= 11 is 13.5. The molecule has 0 fully saturated rings. The van der Waals surface area contributed by atoms with E-state index in [0.717, 1.165) is 23.6 Å². The van der Waals surface area contributed by atoms with E-state index in [1.807, 2.05) is 6.07 Å². The van der Waals surface area contributed by atoms with E-state index < -0.39 is 0 Å². The number of halogens is 2. The van der Waals surface area contributed by atoms with Crippen LogP contribution >= 0.6 is 34.5 Å². The van der Waals surface area contributed by atoms with Crippen molar-refractivity contribution in [2.45, 2.75) is 38.0 Å². The van der Waals surface area contributed by atoms with Crippen molar-refractivity contribution in [1.82, 2.24) is 0 Å². The van der Waals surface area contributed by atoms with Crippen LogP contribution in [0.25, 0.3) is 0 Å². The van der Waals surface area contributed by atoms with Crippen LogP contribution in [0.1, 0.15) is 31.1 Å². The molecule has 0 bridgehead atoms. The molecule has 1 atom stereocenters. The molecule has 13 heavy (non-hydrogen) atoms. The predicted octanol–water partition coefficient (Wildman–Crippen LogP) is 4.74. The molecule has 1 aromatic rings. The van der Waals surface area contributed by atoms with Crippen molar-refractivity contribution in [3.8, 4) is 0 Å². The van der Waals surface area contributed by atoms with Gasteiger partial charge < -0.3 is 0 Å². The van der Waals surface area contributed by atoms with Gasteiger partial charge in [0.2, 0.25) is 0 Å². The average molecular weight is 237 g/mol. The maximum atomic E-state index is 6.01. The number of thiophene rings is 1. The lowest BCUT2D eigenvalue weighted by Gasteiger charge is -2.03. The van der Waals surface area contributed by atoms with Crippen LogP contribution in [-0.2, 0) is 6.42 Å². The van der Waals surface area contributed by atoms with Crippen LogP contribution in [0.5, 0.6) is 0 Å². The molecule has 0 N–H and O–H groups in total. The Bertz CT molecular complexity index is 245. The molecule has 0 aliphatic carbocycles. The molecule has 0 aliphatic rings. The van der Waals surface area contributed by atoms with E-state index in [-0.39, 0.29) is 0 Å². The van der Waals surface area contributed by atoms with Crippen LogP contribution in [0.3, 0.4) is 0 Å². The van der Waals surface area contributed by atoms with Gasteiger partial charge in [0.05, 0.1) is 4.34 Å². The second-order valence-electron chi connectivity index (χ2n) is 3.10. The lowest BCUT2D eigenvalue weighted by atomic mass is 10.1. The highest BCUT2D eigenvalue weighted by atomic mass is 35.5. The average Bonchev–Trinajstić information content (AvgIpc) is 2.51. The first kappa shape index (κ1) is 11.4. The first-order valence-electron chi connectivity index (χ1n) is 4.60. The largest absolute Gasteiger partial charge is 0.128 e. The van der Waals surface area contributed by atoms with Crippen molar-refractivity contribution in [3.63, 3.8) is 0 Å². The van der Waals surface area contributed by atoms with Crippen molar-refractivity contribution in [2.24, 2.45) is 0 Å². The van der Waals surface area contributed by atoms with E-state index in [1.165, 1.54) is 11.3 Å². The van der Waals surface area contributed by atoms with Crippen molar-refractivity contribution in [2.75, 3.05) is 0 Å². The van der Waals surface area contributed by atoms with Crippen LogP contribution in [0.15, 0.2) is 12.1 Å². The van der Waals surface area contributed by atoms with Crippen molar-refractivity contribution in [1.29, 1.82) is 0 Å². The zero-order valence-corrected chi connectivity index (χ0v) is 10.1. The fraction of sp³-hybridized carbons (Fsp3) is 0.600. The van der Waals surface area contributed by atoms with Gasteiger partial charge in [-0.25, -0.2) is 0 Å². The molecule has 1 unspecified atom stereocenters. The molecule has 1 rings (SSSR count). The Morgan fingerprint density at radius 2 is 2.23 bits per heavy atom. The number of rotatable bonds is 5. The van der Waals surface area contributed by atoms with Gasteiger partial charge in [0.1, 0.15) is 0 Å². The number of alkyl halides is 1. The highest BCUT2D eigenvalue weighted by Gasteiger charge is 2.02. The van der Waals surface area contributed by atoms with Crippen LogP contribution in [0.4, 0.5) is 0 Å². The first-order valence-corrected chi connectivity index (χ1v) is 6.23. The predicted molar refractivity (Wildman–Crippen MR) is 62.2 cm³/mol. The third-order valence-corrected chi connectivity index (χ3v) is 3.83. The minimum Gasteiger partial charge on any atom is -0.128 e. The quantitative estimate of drug-likeness (QED) is 0.649. The lowest BCUT2D eigenvalue weighted by molar-refractivity contribution is 0.678. The minimum absolute atomic E-state index is 0.343. The van der Waals surface area contributed by atoms with E-state index >= 15 is 0 Å². The van der Waals surface area contributed by atoms with Crippen LogP contribution in [-0.4, -0.2) is 5.38 Å². The fourth-order valence-corrected chi connectivity index (χ4v) is 2.47. The summed E-state index contributed by atoms with van der Waals surface area (Å²) in [7, 11) is 0. The van der Waals surface area contributed by atoms with E-state index in [4.69, 9.17) is 23.2 Å². The monoisotopic (exact) mass is 236 g/mol. The molecule has 74 valence electrons. The maximum absolute atomic E-state index is 6.01. The zero-order chi connectivity index (χ0) is 9.68. The van der Waals surface area contributed by atoms with E-state index in [2.05, 4.69) is 13.0 Å². The molecule has 3 heteroatoms. The summed E-state index contributed by atoms with van der Waals surface area (Å²) in [6.07, 6.45) is 4.44. The van der Waals surface area contributed by atoms with Gasteiger partial charge in [-0.2, -0.15) is 0 Å². The van der Waals surface area contributed by atoms with Crippen LogP contribution in [0, 0.1) is 0 Å². The summed E-state index contributed by atoms with van der Waals surface area (Å²) in [5.74, 6) is 0. The molecule has 0 aliphatic heterocycles. The summed E-state index contributed by atoms with van der Waals surface area (Å²) in [6.45, 7) is 2.12. The Hall–Kier alpha value is 0.280. The van der Waals surface area contributed by atoms with Gasteiger partial charge in [-0.3, -0.25) is 0 Å². The summed E-state index contributed by atoms with van der Waals surface area (Å²) in [5, 5.41) is 0.343. The van der Waals surface area contributed by atoms with Gasteiger partial charge in [-0.05, 0) is 37.8 Å². The fourth-order valence-electron chi connectivity index (χ4n) is 1.19. The highest BCUT2D eigenvalue weighted by Crippen LogP contribution is 2.23. The molecule has 0 spiro atoms. The van der Waals surface area contributed by atoms with E-state index in [0.29, 0.717) is 5.38 Å². The number of hydrogen-bond donors (Lipinski definition) is 0. The van der Waals surface area contributed by atoms with Gasteiger partial charge in [0.15, 0.2) is 0 Å². The van der Waals surface area contributed by atoms with E-state index in [1.54, 1.807) is 11.3 Å². The molecular weight excluding hydrogens is 223 g/mol. The topological polar surface area (TPSA) is 0 Å². The summed E-state index contributed by atoms with van der Waals surface area (Å²) < 4.78 is 0.882. The molecule has 1 aromatic heterocycles. The molecule has 0 saturated carbocycles. The van der Waals surface area contributed by atoms with Crippen molar-refractivity contribution >= 4 is 34.5 Å². The van der Waals surface area contributed by atoms with Crippen molar-refractivity contribution in [3.05, 3.63) is 21.3 Å². The van der Waals surface area contributed by atoms with Crippen molar-refractivity contribution < 1.29 is 0 Å². The second-order valence-corrected chi connectivity index (χ2v) is 5.52. The molecule has 1 heterocycles. The smallest absolute Gasteiger partial charge is 0.0931 e. The summed E-state index contributed by atoms with van der Waals surface area (Å²) in [5.41, 5.74) is 0. The van der Waals surface area contributed by atoms with Crippen LogP contribution in [0.2, 0.25) is 4.34 Å². The lowest BCUT2D eigenvalue weighted by Crippen LogP contribution is -1.96. The summed E-state index contributed by atoms with van der Waals surface area (Å²) in [6, 6.07) is 4.06.